The van der Waals surface area contributed by atoms with Crippen LogP contribution in [0.5, 0.6) is 0 Å². The third-order valence-electron chi connectivity index (χ3n) is 8.51. The first kappa shape index (κ1) is 22.8. The largest absolute Gasteiger partial charge is 0.383 e. The third-order valence-corrected chi connectivity index (χ3v) is 8.51. The molecule has 5 rings (SSSR count). The zero-order valence-corrected chi connectivity index (χ0v) is 20.2. The van der Waals surface area contributed by atoms with Crippen LogP contribution in [0, 0.1) is 5.92 Å². The number of benzene rings is 1. The van der Waals surface area contributed by atoms with Crippen LogP contribution in [0.2, 0.25) is 0 Å². The number of carbonyl (C=O) groups excluding carboxylic acids is 2. The molecule has 7 nitrogen and oxygen atoms in total. The zero-order valence-electron chi connectivity index (χ0n) is 20.2. The molecule has 4 aliphatic rings. The molecule has 4 heterocycles. The molecule has 3 amide bonds. The van der Waals surface area contributed by atoms with Crippen LogP contribution in [-0.4, -0.2) is 90.2 Å². The van der Waals surface area contributed by atoms with Crippen molar-refractivity contribution >= 4 is 11.9 Å². The van der Waals surface area contributed by atoms with Crippen molar-refractivity contribution in [1.29, 1.82) is 0 Å². The summed E-state index contributed by atoms with van der Waals surface area (Å²) in [4.78, 5) is 33.0. The van der Waals surface area contributed by atoms with E-state index in [1.807, 2.05) is 18.7 Å². The molecule has 1 aromatic carbocycles. The lowest BCUT2D eigenvalue weighted by molar-refractivity contribution is -0.138. The standard InChI is InChI=1S/C26H38N4O3/c1-18(2)30-25(32)28(11-12-33-3)24(31)26(30)13-21-9-10-22(14-26)29(21)17-20-15-27-16-23(20)19-7-5-4-6-8-19/h4-8,18,20-23,27H,9-17H2,1-3H3/t20-,21?,22?,23-,26?/m1/s1. The minimum absolute atomic E-state index is 0.000467. The summed E-state index contributed by atoms with van der Waals surface area (Å²) >= 11 is 0. The lowest BCUT2D eigenvalue weighted by Gasteiger charge is -2.48. The van der Waals surface area contributed by atoms with Crippen molar-refractivity contribution < 1.29 is 14.3 Å². The average molecular weight is 455 g/mol. The molecule has 0 aromatic heterocycles. The van der Waals surface area contributed by atoms with Crippen molar-refractivity contribution in [2.24, 2.45) is 5.92 Å². The fraction of sp³-hybridized carbons (Fsp3) is 0.692. The van der Waals surface area contributed by atoms with Crippen molar-refractivity contribution in [2.75, 3.05) is 39.9 Å². The molecule has 33 heavy (non-hydrogen) atoms. The Morgan fingerprint density at radius 1 is 1.09 bits per heavy atom. The third kappa shape index (κ3) is 3.78. The van der Waals surface area contributed by atoms with E-state index in [1.165, 1.54) is 10.5 Å². The molecule has 4 atom stereocenters. The maximum Gasteiger partial charge on any atom is 0.327 e. The van der Waals surface area contributed by atoms with E-state index in [-0.39, 0.29) is 18.0 Å². The predicted molar refractivity (Wildman–Crippen MR) is 127 cm³/mol. The summed E-state index contributed by atoms with van der Waals surface area (Å²) in [7, 11) is 1.61. The number of fused-ring (bicyclic) bond motifs is 2. The van der Waals surface area contributed by atoms with Gasteiger partial charge in [-0.15, -0.1) is 0 Å². The second kappa shape index (κ2) is 9.01. The number of urea groups is 1. The number of ether oxygens (including phenoxy) is 1. The molecule has 4 saturated heterocycles. The van der Waals surface area contributed by atoms with Crippen LogP contribution < -0.4 is 5.32 Å². The highest BCUT2D eigenvalue weighted by molar-refractivity contribution is 6.07. The number of rotatable bonds is 7. The molecule has 0 radical (unpaired) electrons. The molecule has 180 valence electrons. The van der Waals surface area contributed by atoms with Gasteiger partial charge < -0.3 is 15.0 Å². The quantitative estimate of drug-likeness (QED) is 0.642. The first-order valence-electron chi connectivity index (χ1n) is 12.6. The minimum atomic E-state index is -0.686. The Kier molecular flexibility index (Phi) is 6.23. The monoisotopic (exact) mass is 454 g/mol. The summed E-state index contributed by atoms with van der Waals surface area (Å²) in [6.07, 6.45) is 3.75. The van der Waals surface area contributed by atoms with Crippen LogP contribution >= 0.6 is 0 Å². The first-order valence-corrected chi connectivity index (χ1v) is 12.6. The Morgan fingerprint density at radius 2 is 1.79 bits per heavy atom. The second-order valence-corrected chi connectivity index (χ2v) is 10.7. The van der Waals surface area contributed by atoms with Crippen LogP contribution in [0.4, 0.5) is 4.79 Å². The number of carbonyl (C=O) groups is 2. The molecule has 4 aliphatic heterocycles. The highest BCUT2D eigenvalue weighted by Crippen LogP contribution is 2.48. The fourth-order valence-corrected chi connectivity index (χ4v) is 7.12. The Balaban J connectivity index is 1.35. The van der Waals surface area contributed by atoms with Crippen LogP contribution in [0.3, 0.4) is 0 Å². The number of nitrogens with one attached hydrogen (secondary N) is 1. The van der Waals surface area contributed by atoms with E-state index in [0.29, 0.717) is 37.1 Å². The smallest absolute Gasteiger partial charge is 0.327 e. The van der Waals surface area contributed by atoms with Gasteiger partial charge in [0, 0.05) is 44.2 Å². The lowest BCUT2D eigenvalue weighted by Crippen LogP contribution is -2.62. The second-order valence-electron chi connectivity index (χ2n) is 10.7. The number of hydrogen-bond donors (Lipinski definition) is 1. The molecule has 1 N–H and O–H groups in total. The Morgan fingerprint density at radius 3 is 2.42 bits per heavy atom. The van der Waals surface area contributed by atoms with Gasteiger partial charge in [0.25, 0.3) is 5.91 Å². The summed E-state index contributed by atoms with van der Waals surface area (Å²) in [5.41, 5.74) is 0.735. The van der Waals surface area contributed by atoms with Gasteiger partial charge in [-0.2, -0.15) is 0 Å². The first-order chi connectivity index (χ1) is 16.0. The van der Waals surface area contributed by atoms with Crippen molar-refractivity contribution in [1.82, 2.24) is 20.0 Å². The lowest BCUT2D eigenvalue weighted by atomic mass is 9.79. The van der Waals surface area contributed by atoms with Crippen LogP contribution in [0.1, 0.15) is 51.0 Å². The highest BCUT2D eigenvalue weighted by Gasteiger charge is 2.63. The number of imide groups is 1. The van der Waals surface area contributed by atoms with Crippen LogP contribution in [0.15, 0.2) is 30.3 Å². The number of amides is 3. The number of nitrogens with zero attached hydrogens (tertiary/aromatic N) is 3. The SMILES string of the molecule is COCCN1C(=O)N(C(C)C)C2(CC3CCC(C2)N3C[C@H]2CNC[C@@H]2c2ccccc2)C1=O. The van der Waals surface area contributed by atoms with Crippen molar-refractivity contribution in [3.8, 4) is 0 Å². The molecule has 7 heteroatoms. The Labute approximate surface area is 197 Å². The van der Waals surface area contributed by atoms with Gasteiger partial charge in [-0.3, -0.25) is 14.6 Å². The minimum Gasteiger partial charge on any atom is -0.383 e. The van der Waals surface area contributed by atoms with E-state index in [4.69, 9.17) is 4.74 Å². The highest BCUT2D eigenvalue weighted by atomic mass is 16.5. The topological polar surface area (TPSA) is 65.1 Å². The van der Waals surface area contributed by atoms with Gasteiger partial charge in [-0.25, -0.2) is 4.79 Å². The van der Waals surface area contributed by atoms with Gasteiger partial charge in [0.15, 0.2) is 0 Å². The summed E-state index contributed by atoms with van der Waals surface area (Å²) in [6, 6.07) is 11.5. The molecule has 0 saturated carbocycles. The van der Waals surface area contributed by atoms with Gasteiger partial charge in [-0.05, 0) is 57.6 Å². The maximum absolute atomic E-state index is 13.7. The van der Waals surface area contributed by atoms with Crippen LogP contribution in [0.25, 0.3) is 0 Å². The van der Waals surface area contributed by atoms with E-state index in [2.05, 4.69) is 40.5 Å². The molecular weight excluding hydrogens is 416 g/mol. The van der Waals surface area contributed by atoms with E-state index < -0.39 is 5.54 Å². The maximum atomic E-state index is 13.7. The molecule has 1 spiro atoms. The van der Waals surface area contributed by atoms with E-state index >= 15 is 0 Å². The van der Waals surface area contributed by atoms with Crippen molar-refractivity contribution in [3.05, 3.63) is 35.9 Å². The van der Waals surface area contributed by atoms with Gasteiger partial charge in [0.05, 0.1) is 13.2 Å². The zero-order chi connectivity index (χ0) is 23.2. The summed E-state index contributed by atoms with van der Waals surface area (Å²) < 4.78 is 5.19. The van der Waals surface area contributed by atoms with Gasteiger partial charge >= 0.3 is 6.03 Å². The number of piperidine rings is 1. The van der Waals surface area contributed by atoms with Gasteiger partial charge in [0.1, 0.15) is 5.54 Å². The summed E-state index contributed by atoms with van der Waals surface area (Å²) in [6.45, 7) is 7.94. The van der Waals surface area contributed by atoms with Crippen molar-refractivity contribution in [3.63, 3.8) is 0 Å². The van der Waals surface area contributed by atoms with Gasteiger partial charge in [0.2, 0.25) is 0 Å². The average Bonchev–Trinajstić information content (AvgIpc) is 3.41. The number of methoxy groups -OCH3 is 1. The van der Waals surface area contributed by atoms with Crippen molar-refractivity contribution in [2.45, 2.75) is 69.1 Å². The van der Waals surface area contributed by atoms with E-state index in [9.17, 15) is 9.59 Å². The molecule has 0 aliphatic carbocycles. The normalized spacial score (nSPS) is 34.4. The summed E-state index contributed by atoms with van der Waals surface area (Å²) in [5, 5.41) is 3.62. The summed E-state index contributed by atoms with van der Waals surface area (Å²) in [5.74, 6) is 1.11. The van der Waals surface area contributed by atoms with Gasteiger partial charge in [-0.1, -0.05) is 30.3 Å². The van der Waals surface area contributed by atoms with E-state index in [0.717, 1.165) is 45.3 Å². The Hall–Kier alpha value is -1.96. The molecular formula is C26H38N4O3. The molecule has 1 aromatic rings. The number of hydrogen-bond acceptors (Lipinski definition) is 5. The molecule has 2 bridgehead atoms. The molecule has 2 unspecified atom stereocenters. The van der Waals surface area contributed by atoms with Crippen LogP contribution in [-0.2, 0) is 9.53 Å². The van der Waals surface area contributed by atoms with E-state index in [1.54, 1.807) is 7.11 Å². The Bertz CT molecular complexity index is 862. The fourth-order valence-electron chi connectivity index (χ4n) is 7.12. The predicted octanol–water partition coefficient (Wildman–Crippen LogP) is 2.67. The molecule has 4 fully saturated rings.